The first kappa shape index (κ1) is 25.6. The highest BCUT2D eigenvalue weighted by Crippen LogP contribution is 2.53. The van der Waals surface area contributed by atoms with Crippen LogP contribution in [-0.2, 0) is 10.3 Å². The average Bonchev–Trinajstić information content (AvgIpc) is 2.91. The lowest BCUT2D eigenvalue weighted by molar-refractivity contribution is -0.0220. The van der Waals surface area contributed by atoms with Crippen molar-refractivity contribution in [1.82, 2.24) is 4.98 Å². The van der Waals surface area contributed by atoms with E-state index in [0.29, 0.717) is 34.5 Å². The predicted octanol–water partition coefficient (Wildman–Crippen LogP) is 6.17. The molecule has 6 rings (SSSR count). The van der Waals surface area contributed by atoms with Crippen LogP contribution in [0.15, 0.2) is 53.7 Å². The number of piperidine rings is 1. The molecule has 3 aromatic rings. The number of halogens is 4. The number of pyridine rings is 1. The number of nitrogens with two attached hydrogens (primary N) is 1. The standard InChI is InChI=1S/C29H28F4N4O2/c1-2-4-24-27(34)36-29(16-38-24)20-13-17(19-5-3-10-35-26(19)31)6-7-23(20)39-25-21(29)14-18(15-22(25)30)37-11-8-28(32,33)9-12-37/h3,5-7,10,13-15,24H,2,4,8-9,11-12,16H2,1H3,(H2,34,36)/t24?,29-/m0/s1. The van der Waals surface area contributed by atoms with Gasteiger partial charge in [0, 0.05) is 60.6 Å². The topological polar surface area (TPSA) is 73.0 Å². The van der Waals surface area contributed by atoms with Crippen molar-refractivity contribution < 1.29 is 27.0 Å². The summed E-state index contributed by atoms with van der Waals surface area (Å²) in [5.41, 5.74) is 7.33. The molecule has 39 heavy (non-hydrogen) atoms. The molecule has 1 unspecified atom stereocenters. The van der Waals surface area contributed by atoms with Gasteiger partial charge >= 0.3 is 0 Å². The number of amidine groups is 1. The molecule has 1 fully saturated rings. The van der Waals surface area contributed by atoms with Crippen LogP contribution in [0.3, 0.4) is 0 Å². The van der Waals surface area contributed by atoms with Crippen LogP contribution in [0.2, 0.25) is 0 Å². The Morgan fingerprint density at radius 3 is 2.59 bits per heavy atom. The molecule has 3 aliphatic rings. The van der Waals surface area contributed by atoms with Gasteiger partial charge in [-0.1, -0.05) is 19.4 Å². The maximum atomic E-state index is 15.7. The van der Waals surface area contributed by atoms with Crippen molar-refractivity contribution in [3.05, 3.63) is 71.6 Å². The van der Waals surface area contributed by atoms with E-state index in [9.17, 15) is 13.2 Å². The molecule has 0 bridgehead atoms. The molecule has 0 radical (unpaired) electrons. The fraction of sp³-hybridized carbons (Fsp3) is 0.379. The third-order valence-electron chi connectivity index (χ3n) is 7.74. The second kappa shape index (κ2) is 9.51. The Labute approximate surface area is 223 Å². The van der Waals surface area contributed by atoms with Crippen LogP contribution in [0.5, 0.6) is 11.5 Å². The zero-order valence-corrected chi connectivity index (χ0v) is 21.4. The van der Waals surface area contributed by atoms with E-state index in [4.69, 9.17) is 20.2 Å². The summed E-state index contributed by atoms with van der Waals surface area (Å²) in [6.45, 7) is 2.22. The van der Waals surface area contributed by atoms with Crippen molar-refractivity contribution in [1.29, 1.82) is 0 Å². The number of hydrogen-bond acceptors (Lipinski definition) is 6. The van der Waals surface area contributed by atoms with Gasteiger partial charge in [0.15, 0.2) is 11.6 Å². The Balaban J connectivity index is 1.53. The smallest absolute Gasteiger partial charge is 0.251 e. The Morgan fingerprint density at radius 1 is 1.08 bits per heavy atom. The van der Waals surface area contributed by atoms with E-state index in [1.165, 1.54) is 12.3 Å². The number of aliphatic imine (C=N–C) groups is 1. The van der Waals surface area contributed by atoms with Gasteiger partial charge in [-0.2, -0.15) is 4.39 Å². The quantitative estimate of drug-likeness (QED) is 0.317. The summed E-state index contributed by atoms with van der Waals surface area (Å²) in [5, 5.41) is 0. The van der Waals surface area contributed by atoms with Crippen molar-refractivity contribution >= 4 is 11.5 Å². The predicted molar refractivity (Wildman–Crippen MR) is 140 cm³/mol. The first-order valence-electron chi connectivity index (χ1n) is 13.1. The summed E-state index contributed by atoms with van der Waals surface area (Å²) in [7, 11) is 0. The van der Waals surface area contributed by atoms with Gasteiger partial charge in [-0.3, -0.25) is 4.99 Å². The van der Waals surface area contributed by atoms with Crippen LogP contribution >= 0.6 is 0 Å². The Morgan fingerprint density at radius 2 is 1.87 bits per heavy atom. The van der Waals surface area contributed by atoms with E-state index in [2.05, 4.69) is 4.98 Å². The molecule has 3 aliphatic heterocycles. The minimum atomic E-state index is -2.74. The van der Waals surface area contributed by atoms with Gasteiger partial charge in [-0.25, -0.2) is 18.2 Å². The van der Waals surface area contributed by atoms with Crippen molar-refractivity contribution in [3.63, 3.8) is 0 Å². The zero-order valence-electron chi connectivity index (χ0n) is 21.4. The molecule has 1 spiro atoms. The summed E-state index contributed by atoms with van der Waals surface area (Å²) in [5.74, 6) is -3.43. The van der Waals surface area contributed by atoms with Gasteiger partial charge in [-0.15, -0.1) is 0 Å². The number of anilines is 1. The van der Waals surface area contributed by atoms with Gasteiger partial charge in [-0.05, 0) is 42.3 Å². The van der Waals surface area contributed by atoms with Crippen LogP contribution in [-0.4, -0.2) is 42.5 Å². The molecule has 0 amide bonds. The normalized spacial score (nSPS) is 23.6. The Hall–Kier alpha value is -3.66. The fourth-order valence-electron chi connectivity index (χ4n) is 5.63. The highest BCUT2D eigenvalue weighted by molar-refractivity contribution is 5.87. The van der Waals surface area contributed by atoms with Crippen LogP contribution < -0.4 is 15.4 Å². The minimum Gasteiger partial charge on any atom is -0.453 e. The number of nitrogens with zero attached hydrogens (tertiary/aromatic N) is 3. The molecule has 4 heterocycles. The van der Waals surface area contributed by atoms with Gasteiger partial charge in [0.1, 0.15) is 23.2 Å². The van der Waals surface area contributed by atoms with Crippen LogP contribution in [0.4, 0.5) is 23.2 Å². The van der Waals surface area contributed by atoms with Crippen molar-refractivity contribution in [2.24, 2.45) is 10.7 Å². The van der Waals surface area contributed by atoms with Gasteiger partial charge < -0.3 is 20.1 Å². The maximum absolute atomic E-state index is 15.7. The third-order valence-corrected chi connectivity index (χ3v) is 7.74. The molecular weight excluding hydrogens is 512 g/mol. The largest absolute Gasteiger partial charge is 0.453 e. The summed E-state index contributed by atoms with van der Waals surface area (Å²) >= 11 is 0. The summed E-state index contributed by atoms with van der Waals surface area (Å²) in [6.07, 6.45) is 1.83. The number of fused-ring (bicyclic) bond motifs is 4. The monoisotopic (exact) mass is 540 g/mol. The van der Waals surface area contributed by atoms with E-state index < -0.39 is 29.3 Å². The van der Waals surface area contributed by atoms with Gasteiger partial charge in [0.2, 0.25) is 5.95 Å². The molecule has 2 aromatic carbocycles. The van der Waals surface area contributed by atoms with E-state index >= 15 is 4.39 Å². The highest BCUT2D eigenvalue weighted by atomic mass is 19.3. The first-order valence-corrected chi connectivity index (χ1v) is 13.1. The lowest BCUT2D eigenvalue weighted by Gasteiger charge is -2.42. The first-order chi connectivity index (χ1) is 18.7. The number of ether oxygens (including phenoxy) is 2. The van der Waals surface area contributed by atoms with Gasteiger partial charge in [0.05, 0.1) is 6.61 Å². The van der Waals surface area contributed by atoms with E-state index in [-0.39, 0.29) is 49.7 Å². The molecule has 0 saturated carbocycles. The second-order valence-electron chi connectivity index (χ2n) is 10.3. The lowest BCUT2D eigenvalue weighted by atomic mass is 9.78. The van der Waals surface area contributed by atoms with Crippen LogP contribution in [0.1, 0.15) is 43.7 Å². The zero-order chi connectivity index (χ0) is 27.4. The maximum Gasteiger partial charge on any atom is 0.251 e. The molecule has 0 aliphatic carbocycles. The molecule has 2 atom stereocenters. The fourth-order valence-corrected chi connectivity index (χ4v) is 5.63. The average molecular weight is 541 g/mol. The van der Waals surface area contributed by atoms with E-state index in [1.807, 2.05) is 6.92 Å². The molecule has 1 saturated heterocycles. The summed E-state index contributed by atoms with van der Waals surface area (Å²) < 4.78 is 70.3. The number of benzene rings is 2. The highest BCUT2D eigenvalue weighted by Gasteiger charge is 2.48. The number of aromatic nitrogens is 1. The molecule has 204 valence electrons. The second-order valence-corrected chi connectivity index (χ2v) is 10.3. The summed E-state index contributed by atoms with van der Waals surface area (Å²) in [4.78, 5) is 10.4. The van der Waals surface area contributed by atoms with Crippen LogP contribution in [0, 0.1) is 11.8 Å². The van der Waals surface area contributed by atoms with E-state index in [0.717, 1.165) is 6.42 Å². The molecule has 1 aromatic heterocycles. The Kier molecular flexibility index (Phi) is 6.25. The Bertz CT molecular complexity index is 1450. The molecule has 6 nitrogen and oxygen atoms in total. The van der Waals surface area contributed by atoms with Crippen molar-refractivity contribution in [2.45, 2.75) is 50.2 Å². The van der Waals surface area contributed by atoms with Crippen molar-refractivity contribution in [3.8, 4) is 22.6 Å². The third kappa shape index (κ3) is 4.40. The van der Waals surface area contributed by atoms with Crippen molar-refractivity contribution in [2.75, 3.05) is 24.6 Å². The minimum absolute atomic E-state index is 0.0250. The van der Waals surface area contributed by atoms with E-state index in [1.54, 1.807) is 41.3 Å². The lowest BCUT2D eigenvalue weighted by Crippen LogP contribution is -2.47. The SMILES string of the molecule is CCCC1OC[C@]2(N=C1N)c1cc(-c3cccnc3F)ccc1Oc1c(F)cc(N3CCC(F)(F)CC3)cc12. The molecule has 2 N–H and O–H groups in total. The van der Waals surface area contributed by atoms with Gasteiger partial charge in [0.25, 0.3) is 5.92 Å². The number of hydrogen-bond donors (Lipinski definition) is 1. The number of alkyl halides is 2. The molecule has 10 heteroatoms. The number of rotatable bonds is 4. The molecular formula is C29H28F4N4O2. The van der Waals surface area contributed by atoms with Crippen LogP contribution in [0.25, 0.3) is 11.1 Å². The summed E-state index contributed by atoms with van der Waals surface area (Å²) in [6, 6.07) is 11.3.